The van der Waals surface area contributed by atoms with Gasteiger partial charge in [0.1, 0.15) is 18.1 Å². The molecule has 1 aliphatic heterocycles. The Bertz CT molecular complexity index is 600. The van der Waals surface area contributed by atoms with Crippen LogP contribution in [0.4, 0.5) is 0 Å². The van der Waals surface area contributed by atoms with Gasteiger partial charge in [-0.3, -0.25) is 0 Å². The first-order chi connectivity index (χ1) is 10.3. The number of para-hydroxylation sites is 1. The Balaban J connectivity index is 1.79. The molecule has 0 spiro atoms. The van der Waals surface area contributed by atoms with Gasteiger partial charge in [-0.15, -0.1) is 11.8 Å². The van der Waals surface area contributed by atoms with Crippen LogP contribution in [0.3, 0.4) is 0 Å². The summed E-state index contributed by atoms with van der Waals surface area (Å²) in [7, 11) is 3.69. The Morgan fingerprint density at radius 2 is 1.90 bits per heavy atom. The highest BCUT2D eigenvalue weighted by Crippen LogP contribution is 2.39. The van der Waals surface area contributed by atoms with Gasteiger partial charge in [0.25, 0.3) is 0 Å². The second-order valence-corrected chi connectivity index (χ2v) is 6.26. The van der Waals surface area contributed by atoms with E-state index < -0.39 is 0 Å². The van der Waals surface area contributed by atoms with Gasteiger partial charge in [-0.2, -0.15) is 0 Å². The predicted molar refractivity (Wildman–Crippen MR) is 86.4 cm³/mol. The van der Waals surface area contributed by atoms with E-state index >= 15 is 0 Å². The average molecular weight is 301 g/mol. The van der Waals surface area contributed by atoms with Crippen LogP contribution in [0, 0.1) is 0 Å². The third kappa shape index (κ3) is 3.01. The summed E-state index contributed by atoms with van der Waals surface area (Å²) in [5, 5.41) is 3.77. The van der Waals surface area contributed by atoms with Crippen molar-refractivity contribution in [1.82, 2.24) is 5.32 Å². The molecule has 0 fully saturated rings. The number of fused-ring (bicyclic) bond motifs is 1. The lowest BCUT2D eigenvalue weighted by molar-refractivity contribution is 0.265. The summed E-state index contributed by atoms with van der Waals surface area (Å²) < 4.78 is 11.1. The second-order valence-electron chi connectivity index (χ2n) is 4.95. The van der Waals surface area contributed by atoms with Crippen LogP contribution in [0.5, 0.6) is 11.5 Å². The quantitative estimate of drug-likeness (QED) is 0.936. The number of benzene rings is 2. The van der Waals surface area contributed by atoms with E-state index in [1.54, 1.807) is 7.11 Å². The van der Waals surface area contributed by atoms with Crippen LogP contribution < -0.4 is 14.8 Å². The third-order valence-corrected chi connectivity index (χ3v) is 4.94. The van der Waals surface area contributed by atoms with Crippen molar-refractivity contribution >= 4 is 11.8 Å². The standard InChI is InChI=1S/C17H19NO2S/c1-18-17-14-5-3-4-6-15(14)20-11-16(17)21-13-9-7-12(19-2)8-10-13/h3-10,16-18H,11H2,1-2H3. The third-order valence-electron chi connectivity index (χ3n) is 3.69. The zero-order valence-corrected chi connectivity index (χ0v) is 13.0. The number of thioether (sulfide) groups is 1. The van der Waals surface area contributed by atoms with Crippen molar-refractivity contribution in [2.75, 3.05) is 20.8 Å². The predicted octanol–water partition coefficient (Wildman–Crippen LogP) is 3.51. The van der Waals surface area contributed by atoms with Crippen LogP contribution in [0.25, 0.3) is 0 Å². The van der Waals surface area contributed by atoms with Gasteiger partial charge in [-0.1, -0.05) is 18.2 Å². The van der Waals surface area contributed by atoms with Gasteiger partial charge < -0.3 is 14.8 Å². The first-order valence-corrected chi connectivity index (χ1v) is 7.89. The normalized spacial score (nSPS) is 20.5. The molecule has 0 radical (unpaired) electrons. The summed E-state index contributed by atoms with van der Waals surface area (Å²) in [5.41, 5.74) is 1.23. The van der Waals surface area contributed by atoms with Gasteiger partial charge in [0.05, 0.1) is 18.4 Å². The maximum absolute atomic E-state index is 5.90. The zero-order valence-electron chi connectivity index (χ0n) is 12.2. The summed E-state index contributed by atoms with van der Waals surface area (Å²) >= 11 is 1.84. The van der Waals surface area contributed by atoms with Crippen molar-refractivity contribution in [3.05, 3.63) is 54.1 Å². The number of hydrogen-bond donors (Lipinski definition) is 1. The van der Waals surface area contributed by atoms with Crippen molar-refractivity contribution in [2.45, 2.75) is 16.2 Å². The summed E-state index contributed by atoms with van der Waals surface area (Å²) in [5.74, 6) is 1.87. The molecule has 2 aromatic rings. The Morgan fingerprint density at radius 1 is 1.14 bits per heavy atom. The zero-order chi connectivity index (χ0) is 14.7. The minimum absolute atomic E-state index is 0.294. The first kappa shape index (κ1) is 14.3. The van der Waals surface area contributed by atoms with Crippen molar-refractivity contribution in [3.63, 3.8) is 0 Å². The van der Waals surface area contributed by atoms with E-state index in [2.05, 4.69) is 29.6 Å². The minimum Gasteiger partial charge on any atom is -0.497 e. The molecule has 0 amide bonds. The molecule has 0 aromatic heterocycles. The molecule has 0 aliphatic carbocycles. The van der Waals surface area contributed by atoms with E-state index in [0.29, 0.717) is 17.9 Å². The summed E-state index contributed by atoms with van der Waals surface area (Å²) in [4.78, 5) is 1.23. The maximum Gasteiger partial charge on any atom is 0.124 e. The van der Waals surface area contributed by atoms with E-state index in [-0.39, 0.29) is 0 Å². The highest BCUT2D eigenvalue weighted by Gasteiger charge is 2.30. The molecule has 3 rings (SSSR count). The highest BCUT2D eigenvalue weighted by molar-refractivity contribution is 8.00. The van der Waals surface area contributed by atoms with Crippen LogP contribution in [-0.2, 0) is 0 Å². The molecule has 1 heterocycles. The summed E-state index contributed by atoms with van der Waals surface area (Å²) in [6.45, 7) is 0.708. The SMILES string of the molecule is CNC1c2ccccc2OCC1Sc1ccc(OC)cc1. The molecule has 2 aromatic carbocycles. The Morgan fingerprint density at radius 3 is 2.62 bits per heavy atom. The van der Waals surface area contributed by atoms with Gasteiger partial charge >= 0.3 is 0 Å². The topological polar surface area (TPSA) is 30.5 Å². The summed E-state index contributed by atoms with van der Waals surface area (Å²) in [6, 6.07) is 16.7. The molecular weight excluding hydrogens is 282 g/mol. The van der Waals surface area contributed by atoms with E-state index in [1.165, 1.54) is 10.5 Å². The van der Waals surface area contributed by atoms with Crippen LogP contribution in [0.15, 0.2) is 53.4 Å². The Hall–Kier alpha value is -1.65. The van der Waals surface area contributed by atoms with Gasteiger partial charge in [-0.05, 0) is 37.4 Å². The number of methoxy groups -OCH3 is 1. The molecule has 1 N–H and O–H groups in total. The number of hydrogen-bond acceptors (Lipinski definition) is 4. The fourth-order valence-corrected chi connectivity index (χ4v) is 3.81. The molecule has 2 unspecified atom stereocenters. The molecule has 0 saturated carbocycles. The second kappa shape index (κ2) is 6.41. The van der Waals surface area contributed by atoms with Crippen LogP contribution in [0.1, 0.15) is 11.6 Å². The van der Waals surface area contributed by atoms with E-state index in [4.69, 9.17) is 9.47 Å². The molecular formula is C17H19NO2S. The number of nitrogens with one attached hydrogen (secondary N) is 1. The lowest BCUT2D eigenvalue weighted by atomic mass is 10.0. The van der Waals surface area contributed by atoms with Crippen LogP contribution in [-0.4, -0.2) is 26.0 Å². The van der Waals surface area contributed by atoms with Gasteiger partial charge in [0.2, 0.25) is 0 Å². The molecule has 4 heteroatoms. The van der Waals surface area contributed by atoms with Crippen molar-refractivity contribution in [1.29, 1.82) is 0 Å². The minimum atomic E-state index is 0.294. The molecule has 3 nitrogen and oxygen atoms in total. The smallest absolute Gasteiger partial charge is 0.124 e. The summed E-state index contributed by atoms with van der Waals surface area (Å²) in [6.07, 6.45) is 0. The van der Waals surface area contributed by atoms with Gasteiger partial charge in [-0.25, -0.2) is 0 Å². The number of rotatable bonds is 4. The lowest BCUT2D eigenvalue weighted by Gasteiger charge is -2.33. The largest absolute Gasteiger partial charge is 0.497 e. The fourth-order valence-electron chi connectivity index (χ4n) is 2.61. The van der Waals surface area contributed by atoms with E-state index in [9.17, 15) is 0 Å². The van der Waals surface area contributed by atoms with Gasteiger partial charge in [0, 0.05) is 10.5 Å². The van der Waals surface area contributed by atoms with E-state index in [0.717, 1.165) is 11.5 Å². The lowest BCUT2D eigenvalue weighted by Crippen LogP contribution is -2.35. The van der Waals surface area contributed by atoms with Gasteiger partial charge in [0.15, 0.2) is 0 Å². The van der Waals surface area contributed by atoms with Crippen molar-refractivity contribution < 1.29 is 9.47 Å². The van der Waals surface area contributed by atoms with E-state index in [1.807, 2.05) is 43.1 Å². The Labute approximate surface area is 129 Å². The fraction of sp³-hybridized carbons (Fsp3) is 0.294. The monoisotopic (exact) mass is 301 g/mol. The molecule has 1 aliphatic rings. The van der Waals surface area contributed by atoms with Crippen molar-refractivity contribution in [2.24, 2.45) is 0 Å². The molecule has 110 valence electrons. The average Bonchev–Trinajstić information content (AvgIpc) is 2.55. The molecule has 0 bridgehead atoms. The molecule has 21 heavy (non-hydrogen) atoms. The van der Waals surface area contributed by atoms with Crippen molar-refractivity contribution in [3.8, 4) is 11.5 Å². The first-order valence-electron chi connectivity index (χ1n) is 7.01. The molecule has 0 saturated heterocycles. The number of ether oxygens (including phenoxy) is 2. The maximum atomic E-state index is 5.90. The Kier molecular flexibility index (Phi) is 4.36. The molecule has 2 atom stereocenters. The van der Waals surface area contributed by atoms with Crippen LogP contribution >= 0.6 is 11.8 Å². The highest BCUT2D eigenvalue weighted by atomic mass is 32.2. The van der Waals surface area contributed by atoms with Crippen LogP contribution in [0.2, 0.25) is 0 Å².